The van der Waals surface area contributed by atoms with Crippen molar-refractivity contribution in [3.8, 4) is 0 Å². The highest BCUT2D eigenvalue weighted by molar-refractivity contribution is 7.89. The Morgan fingerprint density at radius 2 is 2.15 bits per heavy atom. The number of fused-ring (bicyclic) bond motifs is 3. The molecule has 0 saturated carbocycles. The van der Waals surface area contributed by atoms with Gasteiger partial charge in [-0.2, -0.15) is 4.31 Å². The van der Waals surface area contributed by atoms with Gasteiger partial charge in [-0.05, 0) is 23.8 Å². The third-order valence-corrected chi connectivity index (χ3v) is 7.12. The minimum Gasteiger partial charge on any atom is -0.465 e. The summed E-state index contributed by atoms with van der Waals surface area (Å²) in [5.74, 6) is -0.438. The van der Waals surface area contributed by atoms with Crippen molar-refractivity contribution in [2.24, 2.45) is 7.05 Å². The van der Waals surface area contributed by atoms with Crippen molar-refractivity contribution >= 4 is 38.5 Å². The van der Waals surface area contributed by atoms with E-state index in [0.29, 0.717) is 18.5 Å². The fraction of sp³-hybridized carbons (Fsp3) is 0.294. The normalized spacial score (nSPS) is 15.1. The number of nitrogens with zero attached hydrogens (tertiary/aromatic N) is 3. The lowest BCUT2D eigenvalue weighted by Gasteiger charge is -2.25. The third-order valence-electron chi connectivity index (χ3n) is 4.78. The Balaban J connectivity index is 1.76. The molecule has 0 aliphatic carbocycles. The molecule has 0 atom stereocenters. The van der Waals surface area contributed by atoms with Gasteiger partial charge < -0.3 is 14.3 Å². The molecule has 10 heteroatoms. The third kappa shape index (κ3) is 2.82. The fourth-order valence-electron chi connectivity index (χ4n) is 3.33. The van der Waals surface area contributed by atoms with Crippen molar-refractivity contribution in [3.05, 3.63) is 46.5 Å². The van der Waals surface area contributed by atoms with Gasteiger partial charge >= 0.3 is 5.97 Å². The van der Waals surface area contributed by atoms with E-state index in [1.807, 2.05) is 0 Å². The highest BCUT2D eigenvalue weighted by Crippen LogP contribution is 2.32. The molecular formula is C17H17ClN4O4S. The van der Waals surface area contributed by atoms with E-state index in [9.17, 15) is 13.2 Å². The monoisotopic (exact) mass is 408 g/mol. The van der Waals surface area contributed by atoms with Gasteiger partial charge in [-0.15, -0.1) is 0 Å². The van der Waals surface area contributed by atoms with Crippen molar-refractivity contribution in [3.63, 3.8) is 0 Å². The van der Waals surface area contributed by atoms with Crippen LogP contribution in [0.4, 0.5) is 0 Å². The lowest BCUT2D eigenvalue weighted by atomic mass is 10.0. The summed E-state index contributed by atoms with van der Waals surface area (Å²) < 4.78 is 33.6. The SMILES string of the molecule is COC(=O)c1ccc2[nH]c3c(c2c1)CN(S(=O)(=O)c1ncn(C)c1Cl)CC3. The first-order chi connectivity index (χ1) is 12.8. The van der Waals surface area contributed by atoms with E-state index in [1.165, 1.54) is 22.3 Å². The molecule has 142 valence electrons. The van der Waals surface area contributed by atoms with E-state index in [1.54, 1.807) is 25.2 Å². The molecule has 3 aromatic rings. The summed E-state index contributed by atoms with van der Waals surface area (Å²) in [7, 11) is -0.869. The predicted octanol–water partition coefficient (Wildman–Crippen LogP) is 2.09. The van der Waals surface area contributed by atoms with Gasteiger partial charge in [0.05, 0.1) is 19.0 Å². The van der Waals surface area contributed by atoms with E-state index in [-0.39, 0.29) is 16.7 Å². The summed E-state index contributed by atoms with van der Waals surface area (Å²) in [6.07, 6.45) is 1.90. The number of aryl methyl sites for hydroxylation is 1. The van der Waals surface area contributed by atoms with Crippen LogP contribution >= 0.6 is 11.6 Å². The van der Waals surface area contributed by atoms with Crippen LogP contribution in [0.5, 0.6) is 0 Å². The van der Waals surface area contributed by atoms with E-state index in [2.05, 4.69) is 9.97 Å². The standard InChI is InChI=1S/C17H17ClN4O4S/c1-21-9-19-16(15(21)18)27(24,25)22-6-5-14-12(8-22)11-7-10(17(23)26-2)3-4-13(11)20-14/h3-4,7,9,20H,5-6,8H2,1-2H3. The summed E-state index contributed by atoms with van der Waals surface area (Å²) in [5.41, 5.74) is 3.07. The van der Waals surface area contributed by atoms with E-state index < -0.39 is 16.0 Å². The predicted molar refractivity (Wildman–Crippen MR) is 99.2 cm³/mol. The van der Waals surface area contributed by atoms with Gasteiger partial charge in [0.25, 0.3) is 10.0 Å². The molecule has 0 radical (unpaired) electrons. The van der Waals surface area contributed by atoms with Crippen LogP contribution in [-0.2, 0) is 34.8 Å². The highest BCUT2D eigenvalue weighted by Gasteiger charge is 2.33. The molecule has 27 heavy (non-hydrogen) atoms. The van der Waals surface area contributed by atoms with Gasteiger partial charge in [0.15, 0.2) is 0 Å². The number of ether oxygens (including phenoxy) is 1. The number of nitrogens with one attached hydrogen (secondary N) is 1. The molecule has 0 bridgehead atoms. The number of rotatable bonds is 3. The van der Waals surface area contributed by atoms with E-state index in [4.69, 9.17) is 16.3 Å². The number of sulfonamides is 1. The maximum Gasteiger partial charge on any atom is 0.337 e. The minimum atomic E-state index is -3.83. The molecule has 0 spiro atoms. The lowest BCUT2D eigenvalue weighted by Crippen LogP contribution is -2.36. The lowest BCUT2D eigenvalue weighted by molar-refractivity contribution is 0.0601. The first-order valence-corrected chi connectivity index (χ1v) is 10.0. The molecule has 0 amide bonds. The van der Waals surface area contributed by atoms with Gasteiger partial charge in [0.2, 0.25) is 5.03 Å². The summed E-state index contributed by atoms with van der Waals surface area (Å²) in [4.78, 5) is 19.1. The molecule has 0 unspecified atom stereocenters. The maximum atomic E-state index is 13.0. The number of aromatic amines is 1. The van der Waals surface area contributed by atoms with E-state index >= 15 is 0 Å². The number of methoxy groups -OCH3 is 1. The molecule has 1 aromatic carbocycles. The number of esters is 1. The average Bonchev–Trinajstić information content (AvgIpc) is 3.20. The largest absolute Gasteiger partial charge is 0.465 e. The van der Waals surface area contributed by atoms with Crippen LogP contribution in [0.15, 0.2) is 29.6 Å². The van der Waals surface area contributed by atoms with Gasteiger partial charge in [0.1, 0.15) is 5.15 Å². The molecule has 4 rings (SSSR count). The number of hydrogen-bond donors (Lipinski definition) is 1. The summed E-state index contributed by atoms with van der Waals surface area (Å²) in [6, 6.07) is 5.20. The Labute approximate surface area is 160 Å². The van der Waals surface area contributed by atoms with Crippen molar-refractivity contribution in [2.45, 2.75) is 18.0 Å². The Morgan fingerprint density at radius 3 is 2.81 bits per heavy atom. The first-order valence-electron chi connectivity index (χ1n) is 8.21. The van der Waals surface area contributed by atoms with Crippen LogP contribution in [-0.4, -0.2) is 46.9 Å². The van der Waals surface area contributed by atoms with Crippen LogP contribution in [0.2, 0.25) is 5.15 Å². The smallest absolute Gasteiger partial charge is 0.337 e. The number of carbonyl (C=O) groups is 1. The first kappa shape index (κ1) is 18.0. The number of benzene rings is 1. The summed E-state index contributed by atoms with van der Waals surface area (Å²) in [5, 5.41) is 0.734. The van der Waals surface area contributed by atoms with Crippen LogP contribution in [0.25, 0.3) is 10.9 Å². The average molecular weight is 409 g/mol. The molecular weight excluding hydrogens is 392 g/mol. The van der Waals surface area contributed by atoms with Gasteiger partial charge in [-0.1, -0.05) is 11.6 Å². The van der Waals surface area contributed by atoms with E-state index in [0.717, 1.165) is 22.2 Å². The fourth-order valence-corrected chi connectivity index (χ4v) is 5.13. The molecule has 1 aliphatic heterocycles. The Kier molecular flexibility index (Phi) is 4.25. The molecule has 3 heterocycles. The second-order valence-corrected chi connectivity index (χ2v) is 8.59. The summed E-state index contributed by atoms with van der Waals surface area (Å²) >= 11 is 6.10. The number of aromatic nitrogens is 3. The molecule has 1 N–H and O–H groups in total. The second kappa shape index (κ2) is 6.36. The zero-order valence-electron chi connectivity index (χ0n) is 14.7. The molecule has 0 saturated heterocycles. The number of carbonyl (C=O) groups excluding carboxylic acids is 1. The molecule has 2 aromatic heterocycles. The Hall–Kier alpha value is -2.36. The van der Waals surface area contributed by atoms with Crippen LogP contribution < -0.4 is 0 Å². The maximum absolute atomic E-state index is 13.0. The zero-order valence-corrected chi connectivity index (χ0v) is 16.3. The van der Waals surface area contributed by atoms with Gasteiger partial charge in [-0.25, -0.2) is 18.2 Å². The van der Waals surface area contributed by atoms with Crippen molar-refractivity contribution in [2.75, 3.05) is 13.7 Å². The zero-order chi connectivity index (χ0) is 19.3. The van der Waals surface area contributed by atoms with Crippen LogP contribution in [0.3, 0.4) is 0 Å². The van der Waals surface area contributed by atoms with Crippen molar-refractivity contribution in [1.29, 1.82) is 0 Å². The topological polar surface area (TPSA) is 97.3 Å². The van der Waals surface area contributed by atoms with Crippen molar-refractivity contribution in [1.82, 2.24) is 18.8 Å². The number of hydrogen-bond acceptors (Lipinski definition) is 5. The van der Waals surface area contributed by atoms with Crippen molar-refractivity contribution < 1.29 is 17.9 Å². The summed E-state index contributed by atoms with van der Waals surface area (Å²) in [6.45, 7) is 0.494. The molecule has 1 aliphatic rings. The number of H-pyrrole nitrogens is 1. The molecule has 8 nitrogen and oxygen atoms in total. The number of imidazole rings is 1. The highest BCUT2D eigenvalue weighted by atomic mass is 35.5. The Morgan fingerprint density at radius 1 is 1.37 bits per heavy atom. The molecule has 0 fully saturated rings. The van der Waals surface area contributed by atoms with Gasteiger partial charge in [-0.3, -0.25) is 0 Å². The minimum absolute atomic E-state index is 0.0766. The number of halogens is 1. The quantitative estimate of drug-likeness (QED) is 0.669. The van der Waals surface area contributed by atoms with Crippen LogP contribution in [0, 0.1) is 0 Å². The van der Waals surface area contributed by atoms with Gasteiger partial charge in [0, 0.05) is 43.2 Å². The second-order valence-electron chi connectivity index (χ2n) is 6.37. The van der Waals surface area contributed by atoms with Crippen LogP contribution in [0.1, 0.15) is 21.6 Å². The Bertz CT molecular complexity index is 1170.